The zero-order valence-corrected chi connectivity index (χ0v) is 8.21. The van der Waals surface area contributed by atoms with E-state index in [9.17, 15) is 9.18 Å². The molecule has 0 spiro atoms. The molecule has 0 aliphatic carbocycles. The lowest BCUT2D eigenvalue weighted by atomic mass is 10.2. The molecule has 0 fully saturated rings. The molecule has 1 N–H and O–H groups in total. The Kier molecular flexibility index (Phi) is 3.69. The highest BCUT2D eigenvalue weighted by Crippen LogP contribution is 2.15. The third-order valence-electron chi connectivity index (χ3n) is 1.77. The number of hydrogen-bond acceptors (Lipinski definition) is 2. The fourth-order valence-electron chi connectivity index (χ4n) is 1.03. The van der Waals surface area contributed by atoms with Crippen LogP contribution in [0.1, 0.15) is 10.4 Å². The first-order valence-electron chi connectivity index (χ1n) is 4.24. The fourth-order valence-corrected chi connectivity index (χ4v) is 1.03. The minimum atomic E-state index is -0.635. The minimum absolute atomic E-state index is 0.0500. The Bertz CT molecular complexity index is 410. The van der Waals surface area contributed by atoms with Gasteiger partial charge in [-0.25, -0.2) is 4.39 Å². The quantitative estimate of drug-likeness (QED) is 0.756. The van der Waals surface area contributed by atoms with E-state index in [0.717, 1.165) is 6.07 Å². The summed E-state index contributed by atoms with van der Waals surface area (Å²) in [4.78, 5) is 11.3. The number of benzene rings is 1. The van der Waals surface area contributed by atoms with Crippen molar-refractivity contribution < 1.29 is 13.9 Å². The van der Waals surface area contributed by atoms with Crippen LogP contribution in [0.25, 0.3) is 0 Å². The maximum absolute atomic E-state index is 13.3. The molecule has 1 aromatic carbocycles. The van der Waals surface area contributed by atoms with Gasteiger partial charge in [-0.15, -0.1) is 6.42 Å². The molecule has 1 rings (SSSR count). The van der Waals surface area contributed by atoms with Gasteiger partial charge in [0, 0.05) is 6.07 Å². The van der Waals surface area contributed by atoms with Gasteiger partial charge in [0.05, 0.1) is 19.2 Å². The van der Waals surface area contributed by atoms with E-state index < -0.39 is 11.7 Å². The molecule has 1 amide bonds. The first kappa shape index (κ1) is 11.1. The molecule has 0 unspecified atom stereocenters. The van der Waals surface area contributed by atoms with E-state index in [1.807, 2.05) is 0 Å². The topological polar surface area (TPSA) is 38.3 Å². The van der Waals surface area contributed by atoms with Crippen molar-refractivity contribution in [2.24, 2.45) is 0 Å². The molecule has 0 aromatic heterocycles. The number of hydrogen-bond donors (Lipinski definition) is 1. The molecule has 15 heavy (non-hydrogen) atoms. The SMILES string of the molecule is C#CCNC(=O)c1ccc(OC)cc1F. The summed E-state index contributed by atoms with van der Waals surface area (Å²) in [5.41, 5.74) is -0.0500. The van der Waals surface area contributed by atoms with Crippen molar-refractivity contribution in [1.82, 2.24) is 5.32 Å². The van der Waals surface area contributed by atoms with E-state index in [0.29, 0.717) is 5.75 Å². The van der Waals surface area contributed by atoms with E-state index in [2.05, 4.69) is 11.2 Å². The molecule has 1 aromatic rings. The Morgan fingerprint density at radius 1 is 1.67 bits per heavy atom. The molecule has 0 saturated heterocycles. The highest BCUT2D eigenvalue weighted by atomic mass is 19.1. The van der Waals surface area contributed by atoms with Crippen molar-refractivity contribution in [1.29, 1.82) is 0 Å². The van der Waals surface area contributed by atoms with E-state index in [-0.39, 0.29) is 12.1 Å². The van der Waals surface area contributed by atoms with Gasteiger partial charge < -0.3 is 10.1 Å². The second-order valence-corrected chi connectivity index (χ2v) is 2.73. The normalized spacial score (nSPS) is 9.13. The van der Waals surface area contributed by atoms with Gasteiger partial charge in [-0.1, -0.05) is 5.92 Å². The van der Waals surface area contributed by atoms with Gasteiger partial charge in [0.25, 0.3) is 5.91 Å². The highest BCUT2D eigenvalue weighted by molar-refractivity contribution is 5.94. The number of methoxy groups -OCH3 is 1. The van der Waals surface area contributed by atoms with Gasteiger partial charge in [0.1, 0.15) is 11.6 Å². The zero-order chi connectivity index (χ0) is 11.3. The van der Waals surface area contributed by atoms with Crippen LogP contribution >= 0.6 is 0 Å². The van der Waals surface area contributed by atoms with Crippen LogP contribution < -0.4 is 10.1 Å². The van der Waals surface area contributed by atoms with Crippen LogP contribution in [0.15, 0.2) is 18.2 Å². The van der Waals surface area contributed by atoms with E-state index >= 15 is 0 Å². The summed E-state index contributed by atoms with van der Waals surface area (Å²) in [6.07, 6.45) is 4.96. The smallest absolute Gasteiger partial charge is 0.255 e. The molecule has 0 saturated carbocycles. The summed E-state index contributed by atoms with van der Waals surface area (Å²) in [6, 6.07) is 4.00. The fraction of sp³-hybridized carbons (Fsp3) is 0.182. The maximum Gasteiger partial charge on any atom is 0.255 e. The number of ether oxygens (including phenoxy) is 1. The van der Waals surface area contributed by atoms with Crippen molar-refractivity contribution in [3.63, 3.8) is 0 Å². The second kappa shape index (κ2) is 5.01. The number of nitrogens with one attached hydrogen (secondary N) is 1. The van der Waals surface area contributed by atoms with Crippen LogP contribution in [0.2, 0.25) is 0 Å². The van der Waals surface area contributed by atoms with E-state index in [1.165, 1.54) is 19.2 Å². The first-order valence-corrected chi connectivity index (χ1v) is 4.24. The van der Waals surface area contributed by atoms with Crippen molar-refractivity contribution in [2.75, 3.05) is 13.7 Å². The molecule has 4 heteroatoms. The lowest BCUT2D eigenvalue weighted by Crippen LogP contribution is -2.24. The molecule has 0 aliphatic rings. The van der Waals surface area contributed by atoms with Gasteiger partial charge in [0.2, 0.25) is 0 Å². The zero-order valence-electron chi connectivity index (χ0n) is 8.21. The molecule has 3 nitrogen and oxygen atoms in total. The number of terminal acetylenes is 1. The van der Waals surface area contributed by atoms with Gasteiger partial charge in [-0.2, -0.15) is 0 Å². The molecule has 0 bridgehead atoms. The van der Waals surface area contributed by atoms with Gasteiger partial charge in [-0.3, -0.25) is 4.79 Å². The summed E-state index contributed by atoms with van der Waals surface area (Å²) in [5, 5.41) is 2.37. The van der Waals surface area contributed by atoms with Crippen molar-refractivity contribution >= 4 is 5.91 Å². The van der Waals surface area contributed by atoms with Gasteiger partial charge in [-0.05, 0) is 12.1 Å². The third-order valence-corrected chi connectivity index (χ3v) is 1.77. The summed E-state index contributed by atoms with van der Waals surface area (Å²) in [7, 11) is 1.42. The largest absolute Gasteiger partial charge is 0.497 e. The van der Waals surface area contributed by atoms with Crippen LogP contribution in [-0.4, -0.2) is 19.6 Å². The predicted molar refractivity (Wildman–Crippen MR) is 54.1 cm³/mol. The Morgan fingerprint density at radius 2 is 2.40 bits per heavy atom. The molecular formula is C11H10FNO2. The number of carbonyl (C=O) groups is 1. The molecule has 0 radical (unpaired) electrons. The van der Waals surface area contributed by atoms with Crippen molar-refractivity contribution in [3.8, 4) is 18.1 Å². The van der Waals surface area contributed by atoms with Crippen LogP contribution in [0.3, 0.4) is 0 Å². The highest BCUT2D eigenvalue weighted by Gasteiger charge is 2.11. The number of rotatable bonds is 3. The summed E-state index contributed by atoms with van der Waals surface area (Å²) in [6.45, 7) is 0.0737. The second-order valence-electron chi connectivity index (χ2n) is 2.73. The average Bonchev–Trinajstić information content (AvgIpc) is 2.25. The Balaban J connectivity index is 2.86. The maximum atomic E-state index is 13.3. The lowest BCUT2D eigenvalue weighted by Gasteiger charge is -2.04. The van der Waals surface area contributed by atoms with Crippen LogP contribution in [0.4, 0.5) is 4.39 Å². The Morgan fingerprint density at radius 3 is 2.93 bits per heavy atom. The number of amides is 1. The molecule has 78 valence electrons. The monoisotopic (exact) mass is 207 g/mol. The van der Waals surface area contributed by atoms with Gasteiger partial charge >= 0.3 is 0 Å². The molecule has 0 heterocycles. The summed E-state index contributed by atoms with van der Waals surface area (Å²) >= 11 is 0. The number of carbonyl (C=O) groups excluding carboxylic acids is 1. The Hall–Kier alpha value is -2.02. The first-order chi connectivity index (χ1) is 7.19. The van der Waals surface area contributed by atoms with Crippen molar-refractivity contribution in [3.05, 3.63) is 29.6 Å². The van der Waals surface area contributed by atoms with Gasteiger partial charge in [0.15, 0.2) is 0 Å². The summed E-state index contributed by atoms with van der Waals surface area (Å²) in [5.74, 6) is 1.42. The molecule has 0 atom stereocenters. The van der Waals surface area contributed by atoms with E-state index in [1.54, 1.807) is 0 Å². The molecular weight excluding hydrogens is 197 g/mol. The lowest BCUT2D eigenvalue weighted by molar-refractivity contribution is 0.0954. The Labute approximate surface area is 87.2 Å². The minimum Gasteiger partial charge on any atom is -0.497 e. The standard InChI is InChI=1S/C11H10FNO2/c1-3-6-13-11(14)9-5-4-8(15-2)7-10(9)12/h1,4-5,7H,6H2,2H3,(H,13,14). The number of halogens is 1. The molecule has 0 aliphatic heterocycles. The predicted octanol–water partition coefficient (Wildman–Crippen LogP) is 1.20. The van der Waals surface area contributed by atoms with Crippen molar-refractivity contribution in [2.45, 2.75) is 0 Å². The van der Waals surface area contributed by atoms with Crippen LogP contribution in [0, 0.1) is 18.2 Å². The van der Waals surface area contributed by atoms with E-state index in [4.69, 9.17) is 11.2 Å². The van der Waals surface area contributed by atoms with Crippen LogP contribution in [0.5, 0.6) is 5.75 Å². The third kappa shape index (κ3) is 2.71. The van der Waals surface area contributed by atoms with Crippen LogP contribution in [-0.2, 0) is 0 Å². The average molecular weight is 207 g/mol. The summed E-state index contributed by atoms with van der Waals surface area (Å²) < 4.78 is 18.1.